The molecule has 3 aromatic heterocycles. The number of rotatable bonds is 5. The number of aromatic nitrogens is 6. The Morgan fingerprint density at radius 2 is 1.93 bits per heavy atom. The first-order valence-corrected chi connectivity index (χ1v) is 9.52. The molecule has 0 atom stereocenters. The highest BCUT2D eigenvalue weighted by Crippen LogP contribution is 2.24. The molecule has 148 valence electrons. The van der Waals surface area contributed by atoms with E-state index in [0.29, 0.717) is 5.95 Å². The van der Waals surface area contributed by atoms with Crippen LogP contribution in [0.1, 0.15) is 0 Å². The lowest BCUT2D eigenvalue weighted by molar-refractivity contribution is -0.116. The Bertz CT molecular complexity index is 1310. The van der Waals surface area contributed by atoms with E-state index in [-0.39, 0.29) is 12.5 Å². The van der Waals surface area contributed by atoms with Gasteiger partial charge in [-0.25, -0.2) is 9.97 Å². The lowest BCUT2D eigenvalue weighted by Gasteiger charge is -2.04. The van der Waals surface area contributed by atoms with Crippen LogP contribution in [0.3, 0.4) is 0 Å². The first-order chi connectivity index (χ1) is 14.7. The van der Waals surface area contributed by atoms with E-state index in [4.69, 9.17) is 0 Å². The van der Waals surface area contributed by atoms with Crippen molar-refractivity contribution in [3.8, 4) is 22.6 Å². The summed E-state index contributed by atoms with van der Waals surface area (Å²) in [4.78, 5) is 24.3. The standard InChI is InChI=1S/C22H19N7O/c1-28-12-10-23-21(28)16-6-4-5-15(13-16)17-9-11-29(27-17)14-20(30)26-22-24-18-7-2-3-8-19(18)25-22/h2-13H,14H2,1H3,(H2,24,25,26,30). The lowest BCUT2D eigenvalue weighted by Crippen LogP contribution is -2.19. The van der Waals surface area contributed by atoms with E-state index in [1.807, 2.05) is 72.4 Å². The van der Waals surface area contributed by atoms with Crippen molar-refractivity contribution in [2.75, 3.05) is 5.32 Å². The quantitative estimate of drug-likeness (QED) is 0.475. The van der Waals surface area contributed by atoms with Gasteiger partial charge in [-0.2, -0.15) is 5.10 Å². The Hall–Kier alpha value is -4.20. The van der Waals surface area contributed by atoms with Crippen LogP contribution < -0.4 is 5.32 Å². The number of H-pyrrole nitrogens is 1. The number of hydrogen-bond donors (Lipinski definition) is 2. The van der Waals surface area contributed by atoms with Crippen LogP contribution in [0.25, 0.3) is 33.7 Å². The molecule has 5 aromatic rings. The van der Waals surface area contributed by atoms with Gasteiger partial charge in [-0.15, -0.1) is 0 Å². The van der Waals surface area contributed by atoms with E-state index < -0.39 is 0 Å². The molecule has 30 heavy (non-hydrogen) atoms. The maximum absolute atomic E-state index is 12.4. The third-order valence-electron chi connectivity index (χ3n) is 4.83. The van der Waals surface area contributed by atoms with Crippen LogP contribution in [0.2, 0.25) is 0 Å². The van der Waals surface area contributed by atoms with Gasteiger partial charge >= 0.3 is 0 Å². The maximum atomic E-state index is 12.4. The molecule has 0 unspecified atom stereocenters. The molecule has 0 aliphatic heterocycles. The molecule has 0 aliphatic carbocycles. The molecule has 0 fully saturated rings. The number of nitrogens with zero attached hydrogens (tertiary/aromatic N) is 5. The Kier molecular flexibility index (Phi) is 4.36. The summed E-state index contributed by atoms with van der Waals surface area (Å²) in [6.45, 7) is 0.0934. The van der Waals surface area contributed by atoms with Crippen molar-refractivity contribution >= 4 is 22.9 Å². The van der Waals surface area contributed by atoms with E-state index in [1.54, 1.807) is 17.1 Å². The third kappa shape index (κ3) is 3.46. The number of anilines is 1. The molecule has 0 spiro atoms. The molecule has 0 bridgehead atoms. The number of amides is 1. The van der Waals surface area contributed by atoms with Gasteiger partial charge in [0.1, 0.15) is 12.4 Å². The van der Waals surface area contributed by atoms with Crippen LogP contribution in [-0.2, 0) is 18.4 Å². The maximum Gasteiger partial charge on any atom is 0.248 e. The summed E-state index contributed by atoms with van der Waals surface area (Å²) < 4.78 is 3.58. The number of para-hydroxylation sites is 2. The van der Waals surface area contributed by atoms with Crippen LogP contribution >= 0.6 is 0 Å². The lowest BCUT2D eigenvalue weighted by atomic mass is 10.1. The fraction of sp³-hybridized carbons (Fsp3) is 0.0909. The van der Waals surface area contributed by atoms with Crippen molar-refractivity contribution in [1.82, 2.24) is 29.3 Å². The second-order valence-corrected chi connectivity index (χ2v) is 6.99. The molecule has 0 aliphatic rings. The number of aromatic amines is 1. The number of aryl methyl sites for hydroxylation is 1. The summed E-state index contributed by atoms with van der Waals surface area (Å²) in [5.41, 5.74) is 4.45. The zero-order valence-electron chi connectivity index (χ0n) is 16.3. The molecule has 2 N–H and O–H groups in total. The second-order valence-electron chi connectivity index (χ2n) is 6.99. The van der Waals surface area contributed by atoms with Gasteiger partial charge in [0.25, 0.3) is 0 Å². The number of nitrogens with one attached hydrogen (secondary N) is 2. The minimum Gasteiger partial charge on any atom is -0.334 e. The van der Waals surface area contributed by atoms with Crippen molar-refractivity contribution < 1.29 is 4.79 Å². The first kappa shape index (κ1) is 17.9. The molecule has 1 amide bonds. The topological polar surface area (TPSA) is 93.4 Å². The van der Waals surface area contributed by atoms with Gasteiger partial charge < -0.3 is 9.55 Å². The number of carbonyl (C=O) groups is 1. The Balaban J connectivity index is 1.31. The molecular formula is C22H19N7O. The normalized spacial score (nSPS) is 11.1. The van der Waals surface area contributed by atoms with E-state index in [1.165, 1.54) is 0 Å². The second kappa shape index (κ2) is 7.32. The molecule has 0 saturated heterocycles. The van der Waals surface area contributed by atoms with E-state index in [0.717, 1.165) is 33.7 Å². The number of imidazole rings is 2. The van der Waals surface area contributed by atoms with E-state index >= 15 is 0 Å². The van der Waals surface area contributed by atoms with E-state index in [9.17, 15) is 4.79 Å². The Morgan fingerprint density at radius 3 is 2.77 bits per heavy atom. The first-order valence-electron chi connectivity index (χ1n) is 9.52. The average Bonchev–Trinajstić information content (AvgIpc) is 3.47. The summed E-state index contributed by atoms with van der Waals surface area (Å²) >= 11 is 0. The highest BCUT2D eigenvalue weighted by molar-refractivity contribution is 5.90. The monoisotopic (exact) mass is 397 g/mol. The summed E-state index contributed by atoms with van der Waals surface area (Å²) in [5.74, 6) is 1.11. The number of fused-ring (bicyclic) bond motifs is 1. The smallest absolute Gasteiger partial charge is 0.248 e. The van der Waals surface area contributed by atoms with Crippen LogP contribution in [0.5, 0.6) is 0 Å². The largest absolute Gasteiger partial charge is 0.334 e. The van der Waals surface area contributed by atoms with E-state index in [2.05, 4.69) is 25.4 Å². The molecule has 8 nitrogen and oxygen atoms in total. The highest BCUT2D eigenvalue weighted by atomic mass is 16.2. The highest BCUT2D eigenvalue weighted by Gasteiger charge is 2.11. The van der Waals surface area contributed by atoms with Crippen LogP contribution in [-0.4, -0.2) is 35.2 Å². The fourth-order valence-electron chi connectivity index (χ4n) is 3.40. The Morgan fingerprint density at radius 1 is 1.07 bits per heavy atom. The molecule has 8 heteroatoms. The number of hydrogen-bond acceptors (Lipinski definition) is 4. The minimum absolute atomic E-state index is 0.0934. The molecule has 0 radical (unpaired) electrons. The summed E-state index contributed by atoms with van der Waals surface area (Å²) in [5, 5.41) is 7.33. The number of benzene rings is 2. The minimum atomic E-state index is -0.203. The van der Waals surface area contributed by atoms with Gasteiger partial charge in [-0.1, -0.05) is 30.3 Å². The fourth-order valence-corrected chi connectivity index (χ4v) is 3.40. The predicted octanol–water partition coefficient (Wildman–Crippen LogP) is 3.47. The number of carbonyl (C=O) groups excluding carboxylic acids is 1. The van der Waals surface area contributed by atoms with Crippen molar-refractivity contribution in [3.63, 3.8) is 0 Å². The molecule has 2 aromatic carbocycles. The summed E-state index contributed by atoms with van der Waals surface area (Å²) in [7, 11) is 1.96. The van der Waals surface area contributed by atoms with Crippen molar-refractivity contribution in [1.29, 1.82) is 0 Å². The molecule has 0 saturated carbocycles. The SMILES string of the molecule is Cn1ccnc1-c1cccc(-c2ccn(CC(=O)Nc3nc4ccccc4[nH]3)n2)c1. The zero-order valence-corrected chi connectivity index (χ0v) is 16.3. The van der Waals surface area contributed by atoms with Gasteiger partial charge in [-0.05, 0) is 24.3 Å². The molecular weight excluding hydrogens is 378 g/mol. The van der Waals surface area contributed by atoms with Gasteiger partial charge in [-0.3, -0.25) is 14.8 Å². The van der Waals surface area contributed by atoms with Crippen molar-refractivity contribution in [2.24, 2.45) is 7.05 Å². The summed E-state index contributed by atoms with van der Waals surface area (Å²) in [6, 6.07) is 17.6. The third-order valence-corrected chi connectivity index (χ3v) is 4.83. The molecule has 3 heterocycles. The predicted molar refractivity (Wildman–Crippen MR) is 115 cm³/mol. The van der Waals surface area contributed by atoms with Gasteiger partial charge in [0.15, 0.2) is 0 Å². The van der Waals surface area contributed by atoms with Gasteiger partial charge in [0.05, 0.1) is 16.7 Å². The van der Waals surface area contributed by atoms with Crippen LogP contribution in [0.4, 0.5) is 5.95 Å². The van der Waals surface area contributed by atoms with Crippen LogP contribution in [0, 0.1) is 0 Å². The van der Waals surface area contributed by atoms with Crippen LogP contribution in [0.15, 0.2) is 73.2 Å². The summed E-state index contributed by atoms with van der Waals surface area (Å²) in [6.07, 6.45) is 5.48. The zero-order chi connectivity index (χ0) is 20.5. The van der Waals surface area contributed by atoms with Crippen molar-refractivity contribution in [3.05, 3.63) is 73.2 Å². The van der Waals surface area contributed by atoms with Crippen molar-refractivity contribution in [2.45, 2.75) is 6.54 Å². The average molecular weight is 397 g/mol. The Labute approximate surface area is 172 Å². The van der Waals surface area contributed by atoms with Gasteiger partial charge in [0, 0.05) is 36.8 Å². The van der Waals surface area contributed by atoms with Gasteiger partial charge in [0.2, 0.25) is 11.9 Å². The molecule has 5 rings (SSSR count).